The van der Waals surface area contributed by atoms with E-state index in [-0.39, 0.29) is 11.9 Å². The summed E-state index contributed by atoms with van der Waals surface area (Å²) in [5, 5.41) is 0. The third-order valence-corrected chi connectivity index (χ3v) is 8.95. The number of hydrogen-bond acceptors (Lipinski definition) is 4. The molecule has 0 N–H and O–H groups in total. The fraction of sp³-hybridized carbons (Fsp3) is 0.947. The Morgan fingerprint density at radius 3 is 0.864 bits per heavy atom. The van der Waals surface area contributed by atoms with Crippen molar-refractivity contribution in [1.82, 2.24) is 0 Å². The topological polar surface area (TPSA) is 52.6 Å². The van der Waals surface area contributed by atoms with Crippen molar-refractivity contribution in [3.05, 3.63) is 0 Å². The van der Waals surface area contributed by atoms with Gasteiger partial charge in [0.15, 0.2) is 13.1 Å². The molecule has 0 aromatic carbocycles. The summed E-state index contributed by atoms with van der Waals surface area (Å²) < 4.78 is 12.2. The summed E-state index contributed by atoms with van der Waals surface area (Å²) in [6.45, 7) is 7.92. The monoisotopic (exact) mass is 627 g/mol. The van der Waals surface area contributed by atoms with E-state index in [4.69, 9.17) is 9.47 Å². The van der Waals surface area contributed by atoms with Crippen LogP contribution in [0.1, 0.15) is 168 Å². The summed E-state index contributed by atoms with van der Waals surface area (Å²) in [7, 11) is 8.27. The number of ether oxygens (including phenoxy) is 2. The van der Waals surface area contributed by atoms with Crippen LogP contribution < -0.4 is 0 Å². The highest BCUT2D eigenvalue weighted by Crippen LogP contribution is 2.13. The van der Waals surface area contributed by atoms with Crippen molar-refractivity contribution in [3.63, 3.8) is 0 Å². The molecular formula is C38H78N2O4+2. The number of likely N-dealkylation sites (N-methyl/N-ethyl adjacent to an activating group) is 2. The van der Waals surface area contributed by atoms with Crippen LogP contribution in [0.5, 0.6) is 0 Å². The first-order valence-electron chi connectivity index (χ1n) is 19.1. The Labute approximate surface area is 275 Å². The van der Waals surface area contributed by atoms with Crippen LogP contribution in [0.3, 0.4) is 0 Å². The number of quaternary nitrogens is 2. The molecule has 0 unspecified atom stereocenters. The summed E-state index contributed by atoms with van der Waals surface area (Å²) >= 11 is 0. The van der Waals surface area contributed by atoms with Gasteiger partial charge in [0.2, 0.25) is 0 Å². The normalized spacial score (nSPS) is 12.0. The SMILES string of the molecule is CCCCCCCCCCCCCCOC(=O)C[N+](C)(C)CC[N+](C)(C)CC(=O)OCCCCCCCCCCCCCC. The molecule has 44 heavy (non-hydrogen) atoms. The average molecular weight is 627 g/mol. The predicted octanol–water partition coefficient (Wildman–Crippen LogP) is 9.63. The molecule has 0 aromatic rings. The van der Waals surface area contributed by atoms with Crippen LogP contribution in [0, 0.1) is 0 Å². The lowest BCUT2D eigenvalue weighted by molar-refractivity contribution is -0.939. The minimum Gasteiger partial charge on any atom is -0.462 e. The van der Waals surface area contributed by atoms with Gasteiger partial charge in [0.25, 0.3) is 0 Å². The quantitative estimate of drug-likeness (QED) is 0.0413. The molecule has 0 rings (SSSR count). The van der Waals surface area contributed by atoms with Gasteiger partial charge in [-0.2, -0.15) is 0 Å². The summed E-state index contributed by atoms with van der Waals surface area (Å²) in [5.74, 6) is -0.240. The van der Waals surface area contributed by atoms with Gasteiger partial charge in [0.05, 0.1) is 41.4 Å². The predicted molar refractivity (Wildman–Crippen MR) is 188 cm³/mol. The van der Waals surface area contributed by atoms with Crippen LogP contribution in [0.15, 0.2) is 0 Å². The van der Waals surface area contributed by atoms with Crippen molar-refractivity contribution in [2.45, 2.75) is 168 Å². The van der Waals surface area contributed by atoms with Crippen molar-refractivity contribution < 1.29 is 28.0 Å². The number of esters is 2. The Balaban J connectivity index is 3.78. The van der Waals surface area contributed by atoms with Crippen LogP contribution in [-0.4, -0.2) is 88.5 Å². The zero-order valence-electron chi connectivity index (χ0n) is 30.7. The van der Waals surface area contributed by atoms with Crippen molar-refractivity contribution in [2.24, 2.45) is 0 Å². The van der Waals surface area contributed by atoms with E-state index in [0.717, 1.165) is 38.8 Å². The smallest absolute Gasteiger partial charge is 0.361 e. The summed E-state index contributed by atoms with van der Waals surface area (Å²) in [4.78, 5) is 24.9. The van der Waals surface area contributed by atoms with E-state index in [0.29, 0.717) is 35.3 Å². The Kier molecular flexibility index (Phi) is 28.5. The number of carbonyl (C=O) groups is 2. The van der Waals surface area contributed by atoms with Gasteiger partial charge in [-0.25, -0.2) is 9.59 Å². The first-order valence-corrected chi connectivity index (χ1v) is 19.1. The number of unbranched alkanes of at least 4 members (excludes halogenated alkanes) is 22. The molecule has 0 amide bonds. The lowest BCUT2D eigenvalue weighted by Crippen LogP contribution is -2.54. The molecular weight excluding hydrogens is 548 g/mol. The molecule has 0 fully saturated rings. The molecule has 0 spiro atoms. The Hall–Kier alpha value is -1.14. The maximum atomic E-state index is 12.4. The van der Waals surface area contributed by atoms with E-state index in [1.807, 2.05) is 0 Å². The first kappa shape index (κ1) is 42.9. The highest BCUT2D eigenvalue weighted by atomic mass is 16.5. The van der Waals surface area contributed by atoms with Crippen LogP contribution in [0.2, 0.25) is 0 Å². The summed E-state index contributed by atoms with van der Waals surface area (Å²) in [5.41, 5.74) is 0. The molecule has 6 heteroatoms. The molecule has 0 atom stereocenters. The minimum atomic E-state index is -0.120. The number of hydrogen-bond donors (Lipinski definition) is 0. The van der Waals surface area contributed by atoms with Gasteiger partial charge in [-0.05, 0) is 12.8 Å². The lowest BCUT2D eigenvalue weighted by atomic mass is 10.1. The van der Waals surface area contributed by atoms with E-state index in [1.165, 1.54) is 128 Å². The highest BCUT2D eigenvalue weighted by molar-refractivity contribution is 5.70. The first-order chi connectivity index (χ1) is 21.1. The second-order valence-corrected chi connectivity index (χ2v) is 14.9. The van der Waals surface area contributed by atoms with Gasteiger partial charge >= 0.3 is 11.9 Å². The second-order valence-electron chi connectivity index (χ2n) is 14.9. The zero-order chi connectivity index (χ0) is 32.8. The lowest BCUT2D eigenvalue weighted by Gasteiger charge is -2.34. The van der Waals surface area contributed by atoms with Crippen LogP contribution >= 0.6 is 0 Å². The van der Waals surface area contributed by atoms with Gasteiger partial charge in [0, 0.05) is 0 Å². The van der Waals surface area contributed by atoms with Crippen LogP contribution in [0.25, 0.3) is 0 Å². The Morgan fingerprint density at radius 2 is 0.614 bits per heavy atom. The molecule has 0 saturated heterocycles. The number of carbonyl (C=O) groups excluding carboxylic acids is 2. The second kappa shape index (κ2) is 29.3. The molecule has 0 aromatic heterocycles. The Bertz CT molecular complexity index is 609. The van der Waals surface area contributed by atoms with Crippen LogP contribution in [0.4, 0.5) is 0 Å². The molecule has 0 saturated carbocycles. The van der Waals surface area contributed by atoms with Crippen molar-refractivity contribution in [2.75, 3.05) is 67.6 Å². The van der Waals surface area contributed by atoms with Gasteiger partial charge in [-0.3, -0.25) is 0 Å². The van der Waals surface area contributed by atoms with Crippen LogP contribution in [-0.2, 0) is 19.1 Å². The molecule has 0 bridgehead atoms. The van der Waals surface area contributed by atoms with Gasteiger partial charge < -0.3 is 18.4 Å². The van der Waals surface area contributed by atoms with E-state index < -0.39 is 0 Å². The minimum absolute atomic E-state index is 0.120. The summed E-state index contributed by atoms with van der Waals surface area (Å²) in [6, 6.07) is 0. The maximum absolute atomic E-state index is 12.4. The van der Waals surface area contributed by atoms with Gasteiger partial charge in [0.1, 0.15) is 13.1 Å². The Morgan fingerprint density at radius 1 is 0.386 bits per heavy atom. The number of rotatable bonds is 33. The fourth-order valence-corrected chi connectivity index (χ4v) is 5.75. The third kappa shape index (κ3) is 30.9. The maximum Gasteiger partial charge on any atom is 0.361 e. The van der Waals surface area contributed by atoms with E-state index in [9.17, 15) is 9.59 Å². The average Bonchev–Trinajstić information content (AvgIpc) is 2.96. The molecule has 0 aliphatic carbocycles. The fourth-order valence-electron chi connectivity index (χ4n) is 5.75. The van der Waals surface area contributed by atoms with E-state index in [2.05, 4.69) is 42.0 Å². The standard InChI is InChI=1S/C38H78N2O4/c1-7-9-11-13-15-17-19-21-23-25-27-29-33-43-37(41)35-39(3,4)31-32-40(5,6)36-38(42)44-34-30-28-26-24-22-20-18-16-14-12-10-8-2/h7-36H2,1-6H3/q+2. The molecule has 6 nitrogen and oxygen atoms in total. The highest BCUT2D eigenvalue weighted by Gasteiger charge is 2.28. The molecule has 0 radical (unpaired) electrons. The third-order valence-electron chi connectivity index (χ3n) is 8.95. The molecule has 0 aliphatic rings. The number of nitrogens with zero attached hydrogens (tertiary/aromatic N) is 2. The van der Waals surface area contributed by atoms with E-state index in [1.54, 1.807) is 0 Å². The molecule has 0 aliphatic heterocycles. The van der Waals surface area contributed by atoms with Crippen molar-refractivity contribution in [1.29, 1.82) is 0 Å². The van der Waals surface area contributed by atoms with Gasteiger partial charge in [-0.1, -0.05) is 155 Å². The molecule has 262 valence electrons. The van der Waals surface area contributed by atoms with Crippen molar-refractivity contribution >= 4 is 11.9 Å². The zero-order valence-corrected chi connectivity index (χ0v) is 30.7. The largest absolute Gasteiger partial charge is 0.462 e. The van der Waals surface area contributed by atoms with E-state index >= 15 is 0 Å². The molecule has 0 heterocycles. The van der Waals surface area contributed by atoms with Gasteiger partial charge in [-0.15, -0.1) is 0 Å². The summed E-state index contributed by atoms with van der Waals surface area (Å²) in [6.07, 6.45) is 31.3. The van der Waals surface area contributed by atoms with Crippen molar-refractivity contribution in [3.8, 4) is 0 Å².